The van der Waals surface area contributed by atoms with Crippen LogP contribution in [0.2, 0.25) is 0 Å². The number of nitrogens with zero attached hydrogens (tertiary/aromatic N) is 4. The number of aromatic nitrogens is 2. The Hall–Kier alpha value is -3.01. The second-order valence-electron chi connectivity index (χ2n) is 7.53. The van der Waals surface area contributed by atoms with E-state index in [2.05, 4.69) is 15.5 Å². The minimum atomic E-state index is -1.33. The van der Waals surface area contributed by atoms with Gasteiger partial charge in [-0.2, -0.15) is 0 Å². The Balaban J connectivity index is 1.80. The van der Waals surface area contributed by atoms with Crippen LogP contribution in [-0.4, -0.2) is 59.1 Å². The maximum absolute atomic E-state index is 15.0. The SMILES string of the molecule is CCO/N=C1\CN(c2nc3c(cc2F)c(=O)c(C(=O)O)cn3C2CC2)CCC1NC. The van der Waals surface area contributed by atoms with Gasteiger partial charge < -0.3 is 24.7 Å². The number of carboxylic acid groups (broad SMARTS) is 1. The highest BCUT2D eigenvalue weighted by atomic mass is 19.1. The molecule has 0 amide bonds. The highest BCUT2D eigenvalue weighted by Crippen LogP contribution is 2.37. The smallest absolute Gasteiger partial charge is 0.341 e. The van der Waals surface area contributed by atoms with Crippen molar-refractivity contribution in [2.45, 2.75) is 38.3 Å². The third kappa shape index (κ3) is 3.62. The molecule has 0 bridgehead atoms. The zero-order valence-electron chi connectivity index (χ0n) is 16.9. The van der Waals surface area contributed by atoms with Crippen molar-refractivity contribution in [3.8, 4) is 0 Å². The van der Waals surface area contributed by atoms with Crippen LogP contribution in [0.3, 0.4) is 0 Å². The number of pyridine rings is 2. The fourth-order valence-corrected chi connectivity index (χ4v) is 3.81. The first-order chi connectivity index (χ1) is 14.4. The second kappa shape index (κ2) is 8.02. The Kier molecular flexibility index (Phi) is 5.42. The van der Waals surface area contributed by atoms with Crippen LogP contribution in [0.1, 0.15) is 42.6 Å². The summed E-state index contributed by atoms with van der Waals surface area (Å²) in [5.41, 5.74) is -0.0419. The van der Waals surface area contributed by atoms with E-state index in [0.29, 0.717) is 31.8 Å². The molecule has 3 heterocycles. The Morgan fingerprint density at radius 3 is 2.83 bits per heavy atom. The maximum Gasteiger partial charge on any atom is 0.341 e. The second-order valence-corrected chi connectivity index (χ2v) is 7.53. The molecule has 1 saturated heterocycles. The lowest BCUT2D eigenvalue weighted by Gasteiger charge is -2.33. The van der Waals surface area contributed by atoms with Crippen molar-refractivity contribution in [1.29, 1.82) is 0 Å². The molecule has 1 aliphatic carbocycles. The minimum absolute atomic E-state index is 0.0173. The molecular formula is C20H24FN5O4. The third-order valence-electron chi connectivity index (χ3n) is 5.51. The van der Waals surface area contributed by atoms with E-state index >= 15 is 4.39 Å². The van der Waals surface area contributed by atoms with Gasteiger partial charge in [-0.1, -0.05) is 5.16 Å². The molecule has 9 nitrogen and oxygen atoms in total. The summed E-state index contributed by atoms with van der Waals surface area (Å²) in [6.45, 7) is 3.16. The van der Waals surface area contributed by atoms with Gasteiger partial charge in [0.2, 0.25) is 5.43 Å². The lowest BCUT2D eigenvalue weighted by Crippen LogP contribution is -2.49. The van der Waals surface area contributed by atoms with E-state index in [4.69, 9.17) is 4.84 Å². The van der Waals surface area contributed by atoms with E-state index in [1.807, 2.05) is 14.0 Å². The number of oxime groups is 1. The van der Waals surface area contributed by atoms with E-state index in [-0.39, 0.29) is 28.9 Å². The van der Waals surface area contributed by atoms with Crippen LogP contribution in [0.5, 0.6) is 0 Å². The first-order valence-electron chi connectivity index (χ1n) is 10.0. The molecule has 10 heteroatoms. The topological polar surface area (TPSA) is 109 Å². The standard InChI is InChI=1S/C20H24FN5O4/c1-3-30-24-16-10-25(7-6-15(16)22-2)19-14(21)8-12-17(27)13(20(28)29)9-26(11-4-5-11)18(12)23-19/h8-9,11,15,22H,3-7,10H2,1-2H3,(H,28,29)/b24-16+. The normalized spacial score (nSPS) is 20.7. The largest absolute Gasteiger partial charge is 0.477 e. The van der Waals surface area contributed by atoms with Crippen LogP contribution in [0.15, 0.2) is 22.2 Å². The van der Waals surface area contributed by atoms with Crippen molar-refractivity contribution in [2.75, 3.05) is 31.6 Å². The van der Waals surface area contributed by atoms with Gasteiger partial charge in [0.1, 0.15) is 17.8 Å². The molecule has 1 aliphatic heterocycles. The molecule has 2 aromatic heterocycles. The molecule has 2 N–H and O–H groups in total. The van der Waals surface area contributed by atoms with Gasteiger partial charge in [-0.3, -0.25) is 4.79 Å². The Morgan fingerprint density at radius 1 is 1.43 bits per heavy atom. The first kappa shape index (κ1) is 20.3. The summed E-state index contributed by atoms with van der Waals surface area (Å²) >= 11 is 0. The number of hydrogen-bond acceptors (Lipinski definition) is 7. The van der Waals surface area contributed by atoms with Crippen molar-refractivity contribution in [3.05, 3.63) is 33.9 Å². The fourth-order valence-electron chi connectivity index (χ4n) is 3.81. The molecule has 1 unspecified atom stereocenters. The minimum Gasteiger partial charge on any atom is -0.477 e. The van der Waals surface area contributed by atoms with Crippen LogP contribution >= 0.6 is 0 Å². The van der Waals surface area contributed by atoms with Crippen LogP contribution in [0.4, 0.5) is 10.2 Å². The lowest BCUT2D eigenvalue weighted by molar-refractivity contribution is 0.0695. The number of fused-ring (bicyclic) bond motifs is 1. The highest BCUT2D eigenvalue weighted by molar-refractivity contribution is 5.95. The van der Waals surface area contributed by atoms with Gasteiger partial charge in [0.15, 0.2) is 11.6 Å². The fraction of sp³-hybridized carbons (Fsp3) is 0.500. The molecule has 0 radical (unpaired) electrons. The number of carboxylic acids is 1. The Morgan fingerprint density at radius 2 is 2.20 bits per heavy atom. The number of hydrogen-bond donors (Lipinski definition) is 2. The molecule has 2 aromatic rings. The van der Waals surface area contributed by atoms with E-state index in [1.54, 1.807) is 9.47 Å². The zero-order chi connectivity index (χ0) is 21.4. The highest BCUT2D eigenvalue weighted by Gasteiger charge is 2.31. The number of piperidine rings is 1. The van der Waals surface area contributed by atoms with Crippen LogP contribution in [0.25, 0.3) is 11.0 Å². The van der Waals surface area contributed by atoms with E-state index in [1.165, 1.54) is 6.20 Å². The van der Waals surface area contributed by atoms with E-state index < -0.39 is 17.2 Å². The first-order valence-corrected chi connectivity index (χ1v) is 10.0. The average Bonchev–Trinajstić information content (AvgIpc) is 3.57. The monoisotopic (exact) mass is 417 g/mol. The summed E-state index contributed by atoms with van der Waals surface area (Å²) in [5.74, 6) is -1.87. The van der Waals surface area contributed by atoms with Gasteiger partial charge in [0.25, 0.3) is 0 Å². The quantitative estimate of drug-likeness (QED) is 0.690. The predicted octanol–water partition coefficient (Wildman–Crippen LogP) is 1.76. The lowest BCUT2D eigenvalue weighted by atomic mass is 10.0. The third-order valence-corrected chi connectivity index (χ3v) is 5.51. The van der Waals surface area contributed by atoms with Gasteiger partial charge >= 0.3 is 5.97 Å². The van der Waals surface area contributed by atoms with Crippen molar-refractivity contribution in [3.63, 3.8) is 0 Å². The van der Waals surface area contributed by atoms with Crippen molar-refractivity contribution < 1.29 is 19.1 Å². The molecule has 4 rings (SSSR count). The van der Waals surface area contributed by atoms with Gasteiger partial charge in [0.05, 0.1) is 23.7 Å². The summed E-state index contributed by atoms with van der Waals surface area (Å²) in [5, 5.41) is 16.7. The number of carbonyl (C=O) groups is 1. The number of aromatic carboxylic acids is 1. The van der Waals surface area contributed by atoms with Gasteiger partial charge in [-0.15, -0.1) is 0 Å². The molecule has 0 aromatic carbocycles. The number of rotatable bonds is 6. The number of nitrogens with one attached hydrogen (secondary N) is 1. The van der Waals surface area contributed by atoms with Gasteiger partial charge in [0, 0.05) is 18.8 Å². The molecule has 30 heavy (non-hydrogen) atoms. The summed E-state index contributed by atoms with van der Waals surface area (Å²) < 4.78 is 16.7. The van der Waals surface area contributed by atoms with Crippen molar-refractivity contribution in [2.24, 2.45) is 5.16 Å². The predicted molar refractivity (Wildman–Crippen MR) is 110 cm³/mol. The summed E-state index contributed by atoms with van der Waals surface area (Å²) in [6.07, 6.45) is 3.75. The van der Waals surface area contributed by atoms with Crippen molar-refractivity contribution in [1.82, 2.24) is 14.9 Å². The van der Waals surface area contributed by atoms with E-state index in [9.17, 15) is 14.7 Å². The van der Waals surface area contributed by atoms with Gasteiger partial charge in [-0.05, 0) is 39.3 Å². The number of anilines is 1. The summed E-state index contributed by atoms with van der Waals surface area (Å²) in [6, 6.07) is 1.20. The molecular weight excluding hydrogens is 393 g/mol. The molecule has 1 atom stereocenters. The van der Waals surface area contributed by atoms with Crippen LogP contribution in [0, 0.1) is 5.82 Å². The summed E-state index contributed by atoms with van der Waals surface area (Å²) in [7, 11) is 1.84. The maximum atomic E-state index is 15.0. The zero-order valence-corrected chi connectivity index (χ0v) is 16.9. The molecule has 2 aliphatic rings. The molecule has 160 valence electrons. The van der Waals surface area contributed by atoms with E-state index in [0.717, 1.165) is 24.6 Å². The number of halogens is 1. The van der Waals surface area contributed by atoms with Crippen LogP contribution < -0.4 is 15.6 Å². The summed E-state index contributed by atoms with van der Waals surface area (Å²) in [4.78, 5) is 35.5. The van der Waals surface area contributed by atoms with Crippen LogP contribution in [-0.2, 0) is 4.84 Å². The Labute approximate surface area is 172 Å². The molecule has 0 spiro atoms. The Bertz CT molecular complexity index is 1080. The van der Waals surface area contributed by atoms with Gasteiger partial charge in [-0.25, -0.2) is 14.2 Å². The molecule has 1 saturated carbocycles. The van der Waals surface area contributed by atoms with Crippen molar-refractivity contribution >= 4 is 28.5 Å². The molecule has 2 fully saturated rings. The average molecular weight is 417 g/mol.